The van der Waals surface area contributed by atoms with Gasteiger partial charge in [0.05, 0.1) is 17.9 Å². The zero-order valence-electron chi connectivity index (χ0n) is 12.5. The lowest BCUT2D eigenvalue weighted by molar-refractivity contribution is -0.121. The quantitative estimate of drug-likeness (QED) is 0.458. The Morgan fingerprint density at radius 2 is 2.17 bits per heavy atom. The van der Waals surface area contributed by atoms with E-state index in [4.69, 9.17) is 32.4 Å². The van der Waals surface area contributed by atoms with Gasteiger partial charge in [-0.2, -0.15) is 5.10 Å². The first-order valence-electron chi connectivity index (χ1n) is 7.01. The van der Waals surface area contributed by atoms with Crippen LogP contribution < -0.4 is 10.2 Å². The second-order valence-electron chi connectivity index (χ2n) is 4.74. The second-order valence-corrected chi connectivity index (χ2v) is 5.58. The molecule has 5 nitrogen and oxygen atoms in total. The minimum Gasteiger partial charge on any atom is -0.492 e. The Morgan fingerprint density at radius 1 is 1.35 bits per heavy atom. The fraction of sp³-hybridized carbons (Fsp3) is 0.250. The molecule has 0 aliphatic rings. The molecule has 1 aromatic carbocycles. The number of ether oxygens (including phenoxy) is 1. The number of hydrogen-bond acceptors (Lipinski definition) is 4. The molecule has 1 amide bonds. The average Bonchev–Trinajstić information content (AvgIpc) is 3.05. The first kappa shape index (κ1) is 17.4. The molecule has 0 bridgehead atoms. The van der Waals surface area contributed by atoms with Gasteiger partial charge in [0.2, 0.25) is 5.91 Å². The van der Waals surface area contributed by atoms with Crippen molar-refractivity contribution < 1.29 is 13.9 Å². The van der Waals surface area contributed by atoms with Gasteiger partial charge in [-0.15, -0.1) is 0 Å². The smallest absolute Gasteiger partial charge is 0.240 e. The Morgan fingerprint density at radius 3 is 2.87 bits per heavy atom. The number of hydrogen-bond donors (Lipinski definition) is 1. The molecule has 0 aliphatic carbocycles. The van der Waals surface area contributed by atoms with E-state index in [9.17, 15) is 4.79 Å². The molecular formula is C16H16Cl2N2O3. The van der Waals surface area contributed by atoms with Crippen molar-refractivity contribution >= 4 is 34.8 Å². The van der Waals surface area contributed by atoms with Crippen molar-refractivity contribution in [2.75, 3.05) is 6.61 Å². The number of rotatable bonds is 7. The van der Waals surface area contributed by atoms with E-state index in [1.807, 2.05) is 0 Å². The van der Waals surface area contributed by atoms with E-state index in [0.717, 1.165) is 0 Å². The summed E-state index contributed by atoms with van der Waals surface area (Å²) in [7, 11) is 0. The van der Waals surface area contributed by atoms with E-state index in [0.29, 0.717) is 46.7 Å². The maximum atomic E-state index is 11.7. The lowest BCUT2D eigenvalue weighted by atomic mass is 10.3. The molecule has 0 atom stereocenters. The number of hydrazone groups is 1. The molecule has 0 unspecified atom stereocenters. The van der Waals surface area contributed by atoms with Crippen LogP contribution >= 0.6 is 23.2 Å². The summed E-state index contributed by atoms with van der Waals surface area (Å²) in [4.78, 5) is 11.7. The van der Waals surface area contributed by atoms with E-state index in [-0.39, 0.29) is 5.91 Å². The SMILES string of the molecule is CC(=NNC(=O)CCCOc1ccc(Cl)cc1Cl)c1ccco1. The molecule has 0 saturated heterocycles. The lowest BCUT2D eigenvalue weighted by Gasteiger charge is -2.07. The molecule has 0 spiro atoms. The van der Waals surface area contributed by atoms with Crippen LogP contribution in [0.25, 0.3) is 0 Å². The summed E-state index contributed by atoms with van der Waals surface area (Å²) in [6.45, 7) is 2.13. The van der Waals surface area contributed by atoms with Gasteiger partial charge in [-0.1, -0.05) is 23.2 Å². The summed E-state index contributed by atoms with van der Waals surface area (Å²) in [6, 6.07) is 8.53. The highest BCUT2D eigenvalue weighted by Gasteiger charge is 2.05. The number of furan rings is 1. The van der Waals surface area contributed by atoms with E-state index in [2.05, 4.69) is 10.5 Å². The lowest BCUT2D eigenvalue weighted by Crippen LogP contribution is -2.19. The maximum absolute atomic E-state index is 11.7. The van der Waals surface area contributed by atoms with Crippen molar-refractivity contribution in [2.24, 2.45) is 5.10 Å². The highest BCUT2D eigenvalue weighted by molar-refractivity contribution is 6.35. The van der Waals surface area contributed by atoms with Crippen molar-refractivity contribution in [3.8, 4) is 5.75 Å². The third kappa shape index (κ3) is 5.62. The van der Waals surface area contributed by atoms with Crippen LogP contribution in [0.1, 0.15) is 25.5 Å². The standard InChI is InChI=1S/C16H16Cl2N2O3/c1-11(14-4-2-8-22-14)19-20-16(21)5-3-9-23-15-7-6-12(17)10-13(15)18/h2,4,6-8,10H,3,5,9H2,1H3,(H,20,21). The number of halogens is 2. The highest BCUT2D eigenvalue weighted by atomic mass is 35.5. The van der Waals surface area contributed by atoms with Crippen LogP contribution in [0, 0.1) is 0 Å². The van der Waals surface area contributed by atoms with Gasteiger partial charge in [0.25, 0.3) is 0 Å². The number of nitrogens with one attached hydrogen (secondary N) is 1. The van der Waals surface area contributed by atoms with E-state index in [1.54, 1.807) is 43.5 Å². The third-order valence-corrected chi connectivity index (χ3v) is 3.46. The Balaban J connectivity index is 1.70. The Bertz CT molecular complexity index is 685. The molecule has 7 heteroatoms. The van der Waals surface area contributed by atoms with Crippen LogP contribution in [0.5, 0.6) is 5.75 Å². The number of amides is 1. The minimum absolute atomic E-state index is 0.193. The Labute approximate surface area is 144 Å². The zero-order valence-corrected chi connectivity index (χ0v) is 14.0. The summed E-state index contributed by atoms with van der Waals surface area (Å²) in [6.07, 6.45) is 2.38. The van der Waals surface area contributed by atoms with Crippen LogP contribution in [0.3, 0.4) is 0 Å². The predicted molar refractivity (Wildman–Crippen MR) is 90.3 cm³/mol. The van der Waals surface area contributed by atoms with Crippen LogP contribution in [0.2, 0.25) is 10.0 Å². The van der Waals surface area contributed by atoms with Crippen molar-refractivity contribution in [1.29, 1.82) is 0 Å². The number of nitrogens with zero attached hydrogens (tertiary/aromatic N) is 1. The normalized spacial score (nSPS) is 11.3. The minimum atomic E-state index is -0.193. The number of carbonyl (C=O) groups is 1. The molecule has 0 saturated carbocycles. The van der Waals surface area contributed by atoms with Crippen LogP contribution in [0.15, 0.2) is 46.1 Å². The number of carbonyl (C=O) groups excluding carboxylic acids is 1. The summed E-state index contributed by atoms with van der Waals surface area (Å²) in [5.74, 6) is 0.968. The summed E-state index contributed by atoms with van der Waals surface area (Å²) >= 11 is 11.8. The number of benzene rings is 1. The van der Waals surface area contributed by atoms with Crippen LogP contribution in [-0.2, 0) is 4.79 Å². The zero-order chi connectivity index (χ0) is 16.7. The highest BCUT2D eigenvalue weighted by Crippen LogP contribution is 2.27. The van der Waals surface area contributed by atoms with E-state index in [1.165, 1.54) is 0 Å². The van der Waals surface area contributed by atoms with Gasteiger partial charge in [0.1, 0.15) is 17.2 Å². The molecule has 1 aromatic heterocycles. The second kappa shape index (κ2) is 8.60. The largest absolute Gasteiger partial charge is 0.492 e. The third-order valence-electron chi connectivity index (χ3n) is 2.93. The molecular weight excluding hydrogens is 339 g/mol. The predicted octanol–water partition coefficient (Wildman–Crippen LogP) is 4.29. The summed E-state index contributed by atoms with van der Waals surface area (Å²) in [5.41, 5.74) is 3.08. The molecule has 1 heterocycles. The molecule has 0 aliphatic heterocycles. The summed E-state index contributed by atoms with van der Waals surface area (Å²) in [5, 5.41) is 4.97. The van der Waals surface area contributed by atoms with Crippen LogP contribution in [0.4, 0.5) is 0 Å². The van der Waals surface area contributed by atoms with E-state index < -0.39 is 0 Å². The van der Waals surface area contributed by atoms with Gasteiger partial charge in [-0.3, -0.25) is 4.79 Å². The first-order chi connectivity index (χ1) is 11.1. The molecule has 0 fully saturated rings. The Kier molecular flexibility index (Phi) is 6.50. The van der Waals surface area contributed by atoms with Gasteiger partial charge in [0, 0.05) is 11.4 Å². The van der Waals surface area contributed by atoms with Crippen LogP contribution in [-0.4, -0.2) is 18.2 Å². The van der Waals surface area contributed by atoms with Gasteiger partial charge in [-0.05, 0) is 43.7 Å². The average molecular weight is 355 g/mol. The van der Waals surface area contributed by atoms with E-state index >= 15 is 0 Å². The molecule has 122 valence electrons. The van der Waals surface area contributed by atoms with Crippen molar-refractivity contribution in [1.82, 2.24) is 5.43 Å². The fourth-order valence-corrected chi connectivity index (χ4v) is 2.21. The monoisotopic (exact) mass is 354 g/mol. The van der Waals surface area contributed by atoms with Gasteiger partial charge in [-0.25, -0.2) is 5.43 Å². The topological polar surface area (TPSA) is 63.8 Å². The molecule has 1 N–H and O–H groups in total. The fourth-order valence-electron chi connectivity index (χ4n) is 1.75. The van der Waals surface area contributed by atoms with Gasteiger partial charge >= 0.3 is 0 Å². The summed E-state index contributed by atoms with van der Waals surface area (Å²) < 4.78 is 10.7. The maximum Gasteiger partial charge on any atom is 0.240 e. The molecule has 0 radical (unpaired) electrons. The molecule has 2 aromatic rings. The van der Waals surface area contributed by atoms with Gasteiger partial charge < -0.3 is 9.15 Å². The van der Waals surface area contributed by atoms with Gasteiger partial charge in [0.15, 0.2) is 0 Å². The van der Waals surface area contributed by atoms with Crippen molar-refractivity contribution in [2.45, 2.75) is 19.8 Å². The van der Waals surface area contributed by atoms with Crippen molar-refractivity contribution in [3.63, 3.8) is 0 Å². The van der Waals surface area contributed by atoms with Crippen molar-refractivity contribution in [3.05, 3.63) is 52.4 Å². The Hall–Kier alpha value is -1.98. The molecule has 23 heavy (non-hydrogen) atoms. The first-order valence-corrected chi connectivity index (χ1v) is 7.76. The molecule has 2 rings (SSSR count).